The number of hydrogen-bond donors (Lipinski definition) is 1. The molecule has 1 atom stereocenters. The van der Waals surface area contributed by atoms with E-state index in [9.17, 15) is 13.6 Å². The van der Waals surface area contributed by atoms with Crippen molar-refractivity contribution in [3.05, 3.63) is 78.8 Å². The van der Waals surface area contributed by atoms with Gasteiger partial charge in [0.1, 0.15) is 29.3 Å². The van der Waals surface area contributed by atoms with Crippen LogP contribution in [0.15, 0.2) is 73.1 Å². The minimum atomic E-state index is -2.80. The minimum absolute atomic E-state index is 0.116. The molecule has 3 heterocycles. The number of nitrogens with zero attached hydrogens (tertiary/aromatic N) is 5. The average molecular weight is 559 g/mol. The van der Waals surface area contributed by atoms with Crippen molar-refractivity contribution in [3.8, 4) is 22.6 Å². The van der Waals surface area contributed by atoms with Crippen molar-refractivity contribution in [2.45, 2.75) is 37.8 Å². The molecule has 8 nitrogen and oxygen atoms in total. The number of hydrogen-bond acceptors (Lipinski definition) is 6. The molecule has 4 aromatic rings. The Labute approximate surface area is 237 Å². The molecular weight excluding hydrogens is 526 g/mol. The van der Waals surface area contributed by atoms with E-state index in [1.807, 2.05) is 36.4 Å². The van der Waals surface area contributed by atoms with Crippen LogP contribution in [0.25, 0.3) is 22.2 Å². The van der Waals surface area contributed by atoms with Gasteiger partial charge < -0.3 is 19.9 Å². The smallest absolute Gasteiger partial charge is 0.279 e. The molecule has 2 N–H and O–H groups in total. The fourth-order valence-electron chi connectivity index (χ4n) is 5.61. The number of nitrogen functional groups attached to an aromatic ring is 1. The zero-order valence-corrected chi connectivity index (χ0v) is 22.8. The van der Waals surface area contributed by atoms with Crippen molar-refractivity contribution in [2.24, 2.45) is 0 Å². The highest BCUT2D eigenvalue weighted by atomic mass is 19.3. The maximum Gasteiger partial charge on any atom is 0.279 e. The fraction of sp³-hybridized carbons (Fsp3) is 0.323. The second kappa shape index (κ2) is 11.3. The molecule has 6 rings (SSSR count). The van der Waals surface area contributed by atoms with Gasteiger partial charge in [-0.3, -0.25) is 9.69 Å². The summed E-state index contributed by atoms with van der Waals surface area (Å²) in [7, 11) is 2.05. The zero-order valence-electron chi connectivity index (χ0n) is 22.8. The number of benzene rings is 2. The van der Waals surface area contributed by atoms with Crippen molar-refractivity contribution in [3.63, 3.8) is 0 Å². The third-order valence-corrected chi connectivity index (χ3v) is 7.84. The summed E-state index contributed by atoms with van der Waals surface area (Å²) in [6, 6.07) is 16.5. The first-order valence-corrected chi connectivity index (χ1v) is 13.8. The van der Waals surface area contributed by atoms with Crippen LogP contribution in [0.3, 0.4) is 0 Å². The Morgan fingerprint density at radius 1 is 1.10 bits per heavy atom. The number of carbonyl (C=O) groups is 1. The predicted molar refractivity (Wildman–Crippen MR) is 154 cm³/mol. The number of anilines is 1. The summed E-state index contributed by atoms with van der Waals surface area (Å²) >= 11 is 0. The van der Waals surface area contributed by atoms with Crippen molar-refractivity contribution in [1.29, 1.82) is 0 Å². The second-order valence-electron chi connectivity index (χ2n) is 10.6. The van der Waals surface area contributed by atoms with Crippen LogP contribution in [0.2, 0.25) is 0 Å². The lowest BCUT2D eigenvalue weighted by atomic mass is 10.0. The molecule has 2 aromatic heterocycles. The van der Waals surface area contributed by atoms with E-state index in [1.54, 1.807) is 39.8 Å². The number of likely N-dealkylation sites (tertiary alicyclic amines) is 1. The maximum atomic E-state index is 14.9. The molecule has 1 amide bonds. The molecule has 0 bridgehead atoms. The second-order valence-corrected chi connectivity index (χ2v) is 10.6. The first-order valence-electron chi connectivity index (χ1n) is 13.8. The van der Waals surface area contributed by atoms with E-state index in [2.05, 4.69) is 21.9 Å². The number of likely N-dealkylation sites (N-methyl/N-ethyl adjacent to an activating group) is 1. The quantitative estimate of drug-likeness (QED) is 0.260. The molecule has 10 heteroatoms. The Bertz CT molecular complexity index is 1570. The van der Waals surface area contributed by atoms with Gasteiger partial charge in [0.25, 0.3) is 6.43 Å². The van der Waals surface area contributed by atoms with Gasteiger partial charge in [-0.15, -0.1) is 0 Å². The van der Waals surface area contributed by atoms with Gasteiger partial charge in [0.2, 0.25) is 5.91 Å². The summed E-state index contributed by atoms with van der Waals surface area (Å²) in [6.45, 7) is 1.48. The number of halogens is 2. The Hall–Kier alpha value is -4.31. The van der Waals surface area contributed by atoms with Crippen LogP contribution in [-0.4, -0.2) is 63.0 Å². The minimum Gasteiger partial charge on any atom is -0.457 e. The summed E-state index contributed by atoms with van der Waals surface area (Å²) < 4.78 is 37.3. The number of rotatable bonds is 9. The lowest BCUT2D eigenvalue weighted by molar-refractivity contribution is -0.125. The molecule has 2 aliphatic rings. The summed E-state index contributed by atoms with van der Waals surface area (Å²) in [5.74, 6) is 1.26. The molecule has 0 radical (unpaired) electrons. The Balaban J connectivity index is 1.30. The number of amides is 1. The lowest BCUT2D eigenvalue weighted by Crippen LogP contribution is -2.28. The number of ether oxygens (including phenoxy) is 1. The molecule has 1 saturated carbocycles. The average Bonchev–Trinajstić information content (AvgIpc) is 3.60. The van der Waals surface area contributed by atoms with E-state index in [0.717, 1.165) is 0 Å². The molecule has 212 valence electrons. The van der Waals surface area contributed by atoms with E-state index in [0.29, 0.717) is 65.8 Å². The molecule has 1 aliphatic carbocycles. The van der Waals surface area contributed by atoms with Gasteiger partial charge in [0.05, 0.1) is 17.1 Å². The topological polar surface area (TPSA) is 89.5 Å². The third-order valence-electron chi connectivity index (χ3n) is 7.84. The number of fused-ring (bicyclic) bond motifs is 1. The summed E-state index contributed by atoms with van der Waals surface area (Å²) in [5, 5.41) is 0.382. The SMILES string of the molecule is CN(CC=CC(=O)N1CC[C@@H](n2c(C(F)F)c(-c3ccc(Oc4ccccc4)cc3)c3c(N)ncnc32)C1)C1CC1. The molecule has 2 aromatic carbocycles. The maximum absolute atomic E-state index is 14.9. The highest BCUT2D eigenvalue weighted by Crippen LogP contribution is 2.44. The lowest BCUT2D eigenvalue weighted by Gasteiger charge is -2.19. The van der Waals surface area contributed by atoms with Gasteiger partial charge in [-0.25, -0.2) is 18.7 Å². The van der Waals surface area contributed by atoms with Crippen LogP contribution < -0.4 is 10.5 Å². The summed E-state index contributed by atoms with van der Waals surface area (Å²) in [5.41, 5.74) is 7.29. The number of carbonyl (C=O) groups excluding carboxylic acids is 1. The number of para-hydroxylation sites is 1. The van der Waals surface area contributed by atoms with Crippen LogP contribution in [0.5, 0.6) is 11.5 Å². The molecule has 2 fully saturated rings. The third kappa shape index (κ3) is 5.52. The number of alkyl halides is 2. The molecule has 0 spiro atoms. The van der Waals surface area contributed by atoms with Crippen LogP contribution in [0, 0.1) is 0 Å². The Morgan fingerprint density at radius 2 is 1.83 bits per heavy atom. The van der Waals surface area contributed by atoms with E-state index in [4.69, 9.17) is 10.5 Å². The van der Waals surface area contributed by atoms with E-state index >= 15 is 0 Å². The largest absolute Gasteiger partial charge is 0.457 e. The van der Waals surface area contributed by atoms with Crippen LogP contribution >= 0.6 is 0 Å². The highest BCUT2D eigenvalue weighted by molar-refractivity contribution is 6.02. The van der Waals surface area contributed by atoms with Crippen molar-refractivity contribution >= 4 is 22.8 Å². The number of nitrogens with two attached hydrogens (primary N) is 1. The van der Waals surface area contributed by atoms with Gasteiger partial charge in [-0.05, 0) is 56.1 Å². The zero-order chi connectivity index (χ0) is 28.5. The van der Waals surface area contributed by atoms with Crippen molar-refractivity contribution in [1.82, 2.24) is 24.3 Å². The van der Waals surface area contributed by atoms with Gasteiger partial charge in [-0.2, -0.15) is 0 Å². The molecule has 0 unspecified atom stereocenters. The van der Waals surface area contributed by atoms with Crippen molar-refractivity contribution in [2.75, 3.05) is 32.4 Å². The van der Waals surface area contributed by atoms with Crippen LogP contribution in [0.4, 0.5) is 14.6 Å². The van der Waals surface area contributed by atoms with Gasteiger partial charge in [-0.1, -0.05) is 36.4 Å². The van der Waals surface area contributed by atoms with Crippen LogP contribution in [0.1, 0.15) is 37.4 Å². The normalized spacial score (nSPS) is 17.4. The Kier molecular flexibility index (Phi) is 7.40. The summed E-state index contributed by atoms with van der Waals surface area (Å²) in [6.07, 6.45) is 4.88. The first-order chi connectivity index (χ1) is 19.9. The van der Waals surface area contributed by atoms with Gasteiger partial charge in [0, 0.05) is 37.3 Å². The van der Waals surface area contributed by atoms with Crippen LogP contribution in [-0.2, 0) is 4.79 Å². The number of aromatic nitrogens is 3. The standard InChI is InChI=1S/C31H32F2N6O2/c1-37(21-11-12-21)16-5-8-25(40)38-17-15-22(18-38)39-28(29(32)33)26(27-30(34)35-19-36-31(27)39)20-9-13-24(14-10-20)41-23-6-3-2-4-7-23/h2-10,13-14,19,21-22,29H,11-12,15-18H2,1H3,(H2,34,35,36)/t22-/m1/s1. The molecule has 41 heavy (non-hydrogen) atoms. The predicted octanol–water partition coefficient (Wildman–Crippen LogP) is 5.83. The fourth-order valence-corrected chi connectivity index (χ4v) is 5.61. The molecular formula is C31H32F2N6O2. The van der Waals surface area contributed by atoms with E-state index in [1.165, 1.54) is 19.2 Å². The highest BCUT2D eigenvalue weighted by Gasteiger charge is 2.35. The molecule has 1 saturated heterocycles. The Morgan fingerprint density at radius 3 is 2.54 bits per heavy atom. The molecule has 1 aliphatic heterocycles. The van der Waals surface area contributed by atoms with Gasteiger partial charge in [0.15, 0.2) is 0 Å². The first kappa shape index (κ1) is 26.9. The van der Waals surface area contributed by atoms with E-state index < -0.39 is 6.43 Å². The summed E-state index contributed by atoms with van der Waals surface area (Å²) in [4.78, 5) is 25.4. The monoisotopic (exact) mass is 558 g/mol. The van der Waals surface area contributed by atoms with Crippen molar-refractivity contribution < 1.29 is 18.3 Å². The van der Waals surface area contributed by atoms with E-state index in [-0.39, 0.29) is 23.5 Å². The van der Waals surface area contributed by atoms with Gasteiger partial charge >= 0.3 is 0 Å².